The number of hydrogen-bond donors (Lipinski definition) is 3. The molecule has 1 amide bonds. The van der Waals surface area contributed by atoms with Crippen molar-refractivity contribution in [2.24, 2.45) is 0 Å². The fraction of sp³-hybridized carbons (Fsp3) is 0.778. The molecule has 0 radical (unpaired) electrons. The van der Waals surface area contributed by atoms with Crippen LogP contribution in [0.3, 0.4) is 0 Å². The summed E-state index contributed by atoms with van der Waals surface area (Å²) >= 11 is 0. The van der Waals surface area contributed by atoms with Gasteiger partial charge in [-0.05, 0) is 38.5 Å². The summed E-state index contributed by atoms with van der Waals surface area (Å²) < 4.78 is 5.88. The van der Waals surface area contributed by atoms with Gasteiger partial charge < -0.3 is 20.3 Å². The van der Waals surface area contributed by atoms with Crippen LogP contribution in [0.15, 0.2) is 60.8 Å². The van der Waals surface area contributed by atoms with Crippen molar-refractivity contribution in [3.05, 3.63) is 60.8 Å². The first-order valence-corrected chi connectivity index (χ1v) is 25.6. The van der Waals surface area contributed by atoms with Gasteiger partial charge in [-0.15, -0.1) is 0 Å². The molecule has 0 rings (SSSR count). The molecule has 348 valence electrons. The molecule has 0 saturated heterocycles. The van der Waals surface area contributed by atoms with E-state index >= 15 is 0 Å². The van der Waals surface area contributed by atoms with Gasteiger partial charge in [0.15, 0.2) is 0 Å². The smallest absolute Gasteiger partial charge is 0.306 e. The first-order valence-electron chi connectivity index (χ1n) is 25.6. The number of amides is 1. The molecule has 0 fully saturated rings. The van der Waals surface area contributed by atoms with Crippen molar-refractivity contribution in [3.63, 3.8) is 0 Å². The van der Waals surface area contributed by atoms with E-state index in [0.717, 1.165) is 51.4 Å². The van der Waals surface area contributed by atoms with Crippen LogP contribution in [0.4, 0.5) is 0 Å². The average Bonchev–Trinajstić information content (AvgIpc) is 3.24. The van der Waals surface area contributed by atoms with Crippen LogP contribution in [0.5, 0.6) is 0 Å². The Morgan fingerprint density at radius 2 is 0.883 bits per heavy atom. The highest BCUT2D eigenvalue weighted by atomic mass is 16.5. The predicted octanol–water partition coefficient (Wildman–Crippen LogP) is 15.2. The zero-order valence-corrected chi connectivity index (χ0v) is 39.6. The summed E-state index contributed by atoms with van der Waals surface area (Å²) in [5.74, 6) is -0.557. The number of aliphatic hydroxyl groups excluding tert-OH is 2. The molecule has 0 aliphatic rings. The third kappa shape index (κ3) is 42.3. The Hall–Kier alpha value is -2.44. The molecule has 0 aliphatic heterocycles. The molecular formula is C54H97NO5. The van der Waals surface area contributed by atoms with Gasteiger partial charge in [0, 0.05) is 6.42 Å². The van der Waals surface area contributed by atoms with E-state index in [4.69, 9.17) is 4.74 Å². The van der Waals surface area contributed by atoms with Gasteiger partial charge >= 0.3 is 5.97 Å². The first-order chi connectivity index (χ1) is 29.5. The molecule has 0 aromatic carbocycles. The Morgan fingerprint density at radius 1 is 0.500 bits per heavy atom. The van der Waals surface area contributed by atoms with Crippen molar-refractivity contribution >= 4 is 11.9 Å². The van der Waals surface area contributed by atoms with Crippen LogP contribution in [0.2, 0.25) is 0 Å². The van der Waals surface area contributed by atoms with Crippen molar-refractivity contribution in [1.29, 1.82) is 0 Å². The summed E-state index contributed by atoms with van der Waals surface area (Å²) in [6.07, 6.45) is 58.6. The van der Waals surface area contributed by atoms with Crippen molar-refractivity contribution in [1.82, 2.24) is 5.32 Å². The van der Waals surface area contributed by atoms with Gasteiger partial charge in [0.2, 0.25) is 5.91 Å². The SMILES string of the molecule is CC/C=C/C=C/C=C\C=C/C=C/CCCC(=O)OC(CCCCCCCCCCCCCC)CC(=O)NC(CO)C(O)CCCCCCCCCCCCCCCCCC. The van der Waals surface area contributed by atoms with Crippen LogP contribution in [0, 0.1) is 0 Å². The van der Waals surface area contributed by atoms with Gasteiger partial charge in [-0.1, -0.05) is 255 Å². The molecular weight excluding hydrogens is 743 g/mol. The summed E-state index contributed by atoms with van der Waals surface area (Å²) in [5, 5.41) is 23.8. The van der Waals surface area contributed by atoms with Gasteiger partial charge in [-0.25, -0.2) is 0 Å². The zero-order chi connectivity index (χ0) is 43.8. The Labute approximate surface area is 371 Å². The summed E-state index contributed by atoms with van der Waals surface area (Å²) in [5.41, 5.74) is 0. The molecule has 6 heteroatoms. The van der Waals surface area contributed by atoms with Crippen molar-refractivity contribution in [2.75, 3.05) is 6.61 Å². The van der Waals surface area contributed by atoms with Crippen LogP contribution in [0.1, 0.15) is 245 Å². The van der Waals surface area contributed by atoms with E-state index in [-0.39, 0.29) is 24.9 Å². The van der Waals surface area contributed by atoms with E-state index in [9.17, 15) is 19.8 Å². The molecule has 3 atom stereocenters. The van der Waals surface area contributed by atoms with E-state index in [1.807, 2.05) is 48.6 Å². The quantitative estimate of drug-likeness (QED) is 0.0322. The summed E-state index contributed by atoms with van der Waals surface area (Å²) in [4.78, 5) is 26.1. The number of ether oxygens (including phenoxy) is 1. The maximum Gasteiger partial charge on any atom is 0.306 e. The minimum absolute atomic E-state index is 0.0499. The Balaban J connectivity index is 4.60. The molecule has 3 N–H and O–H groups in total. The average molecular weight is 840 g/mol. The topological polar surface area (TPSA) is 95.9 Å². The standard InChI is InChI=1S/C54H97NO5/c1-4-7-10-13-16-19-22-25-26-27-29-31-34-37-40-43-46-52(57)51(49-56)55-53(58)48-50(45-42-39-36-33-30-24-21-18-15-12-9-6-3)60-54(59)47-44-41-38-35-32-28-23-20-17-14-11-8-5-2/h8,11,14,17,20,23,28,32,35,38,50-52,56-57H,4-7,9-10,12-13,15-16,18-19,21-22,24-27,29-31,33-34,36-37,39-49H2,1-3H3,(H,55,58)/b11-8+,17-14+,23-20-,32-28-,38-35+. The van der Waals surface area contributed by atoms with Gasteiger partial charge in [0.25, 0.3) is 0 Å². The molecule has 0 aromatic heterocycles. The molecule has 60 heavy (non-hydrogen) atoms. The number of carbonyl (C=O) groups excluding carboxylic acids is 2. The van der Waals surface area contributed by atoms with Crippen LogP contribution >= 0.6 is 0 Å². The van der Waals surface area contributed by atoms with Crippen LogP contribution < -0.4 is 5.32 Å². The Bertz CT molecular complexity index is 1080. The van der Waals surface area contributed by atoms with Crippen molar-refractivity contribution in [3.8, 4) is 0 Å². The monoisotopic (exact) mass is 840 g/mol. The maximum atomic E-state index is 13.2. The number of carbonyl (C=O) groups is 2. The third-order valence-corrected chi connectivity index (χ3v) is 11.5. The van der Waals surface area contributed by atoms with Gasteiger partial charge in [-0.3, -0.25) is 9.59 Å². The molecule has 6 nitrogen and oxygen atoms in total. The van der Waals surface area contributed by atoms with Gasteiger partial charge in [0.05, 0.1) is 25.2 Å². The number of esters is 1. The highest BCUT2D eigenvalue weighted by Gasteiger charge is 2.24. The molecule has 0 bridgehead atoms. The van der Waals surface area contributed by atoms with Crippen LogP contribution in [-0.2, 0) is 14.3 Å². The molecule has 3 unspecified atom stereocenters. The highest BCUT2D eigenvalue weighted by molar-refractivity contribution is 5.77. The summed E-state index contributed by atoms with van der Waals surface area (Å²) in [7, 11) is 0. The number of unbranched alkanes of at least 4 members (excludes halogenated alkanes) is 27. The number of nitrogens with one attached hydrogen (secondary N) is 1. The zero-order valence-electron chi connectivity index (χ0n) is 39.6. The molecule has 0 spiro atoms. The number of aliphatic hydroxyl groups is 2. The molecule has 0 heterocycles. The Morgan fingerprint density at radius 3 is 1.30 bits per heavy atom. The number of rotatable bonds is 45. The largest absolute Gasteiger partial charge is 0.462 e. The number of hydrogen-bond acceptors (Lipinski definition) is 5. The van der Waals surface area contributed by atoms with Gasteiger partial charge in [0.1, 0.15) is 6.10 Å². The minimum atomic E-state index is -0.799. The van der Waals surface area contributed by atoms with Crippen molar-refractivity contribution in [2.45, 2.75) is 264 Å². The molecule has 0 aromatic rings. The third-order valence-electron chi connectivity index (χ3n) is 11.5. The van der Waals surface area contributed by atoms with Crippen LogP contribution in [0.25, 0.3) is 0 Å². The first kappa shape index (κ1) is 57.6. The van der Waals surface area contributed by atoms with E-state index in [1.54, 1.807) is 0 Å². The minimum Gasteiger partial charge on any atom is -0.462 e. The van der Waals surface area contributed by atoms with Gasteiger partial charge in [-0.2, -0.15) is 0 Å². The normalized spacial score (nSPS) is 13.8. The fourth-order valence-corrected chi connectivity index (χ4v) is 7.64. The lowest BCUT2D eigenvalue weighted by Gasteiger charge is -2.24. The van der Waals surface area contributed by atoms with E-state index in [1.165, 1.54) is 141 Å². The molecule has 0 aliphatic carbocycles. The lowest BCUT2D eigenvalue weighted by Crippen LogP contribution is -2.46. The second-order valence-electron chi connectivity index (χ2n) is 17.3. The lowest BCUT2D eigenvalue weighted by atomic mass is 10.0. The summed E-state index contributed by atoms with van der Waals surface area (Å²) in [6.45, 7) is 6.33. The van der Waals surface area contributed by atoms with E-state index in [0.29, 0.717) is 25.7 Å². The second-order valence-corrected chi connectivity index (χ2v) is 17.3. The highest BCUT2D eigenvalue weighted by Crippen LogP contribution is 2.18. The fourth-order valence-electron chi connectivity index (χ4n) is 7.64. The number of allylic oxidation sites excluding steroid dienone is 10. The predicted molar refractivity (Wildman–Crippen MR) is 259 cm³/mol. The second kappa shape index (κ2) is 47.6. The lowest BCUT2D eigenvalue weighted by molar-refractivity contribution is -0.151. The Kier molecular flexibility index (Phi) is 45.7. The van der Waals surface area contributed by atoms with E-state index < -0.39 is 18.2 Å². The maximum absolute atomic E-state index is 13.2. The summed E-state index contributed by atoms with van der Waals surface area (Å²) in [6, 6.07) is -0.715. The van der Waals surface area contributed by atoms with E-state index in [2.05, 4.69) is 38.2 Å². The molecule has 0 saturated carbocycles. The van der Waals surface area contributed by atoms with Crippen LogP contribution in [-0.4, -0.2) is 46.9 Å². The van der Waals surface area contributed by atoms with Crippen molar-refractivity contribution < 1.29 is 24.5 Å².